The molecule has 2 rings (SSSR count). The van der Waals surface area contributed by atoms with E-state index >= 15 is 0 Å². The molecule has 0 aliphatic carbocycles. The molecule has 1 heterocycles. The fourth-order valence-electron chi connectivity index (χ4n) is 2.53. The number of nitrogens with zero attached hydrogens (tertiary/aromatic N) is 3. The smallest absolute Gasteiger partial charge is 0.272 e. The van der Waals surface area contributed by atoms with Crippen molar-refractivity contribution in [3.05, 3.63) is 33.9 Å². The van der Waals surface area contributed by atoms with Crippen molar-refractivity contribution in [2.45, 2.75) is 6.92 Å². The van der Waals surface area contributed by atoms with Crippen LogP contribution in [0.1, 0.15) is 5.56 Å². The largest absolute Gasteiger partial charge is 0.369 e. The molecule has 0 unspecified atom stereocenters. The zero-order valence-corrected chi connectivity index (χ0v) is 13.3. The molecule has 8 nitrogen and oxygen atoms in total. The van der Waals surface area contributed by atoms with Gasteiger partial charge in [0.05, 0.1) is 10.7 Å². The molecule has 9 heteroatoms. The normalized spacial score (nSPS) is 16.7. The van der Waals surface area contributed by atoms with Crippen LogP contribution < -0.4 is 10.0 Å². The number of hydrogen-bond donors (Lipinski definition) is 1. The van der Waals surface area contributed by atoms with Gasteiger partial charge in [-0.1, -0.05) is 0 Å². The van der Waals surface area contributed by atoms with Crippen LogP contribution in [0.25, 0.3) is 0 Å². The van der Waals surface area contributed by atoms with E-state index in [9.17, 15) is 18.5 Å². The molecule has 0 radical (unpaired) electrons. The summed E-state index contributed by atoms with van der Waals surface area (Å²) in [7, 11) is -3.43. The summed E-state index contributed by atoms with van der Waals surface area (Å²) in [6.07, 6.45) is 0. The van der Waals surface area contributed by atoms with Crippen LogP contribution in [0.2, 0.25) is 0 Å². The standard InChI is InChI=1S/C13H20N4O4S/c1-11-10-12(2-3-13(11)17(18)19)16-6-4-15(5-7-16)8-9-22(14,20)21/h2-3,10H,4-9H2,1H3,(H2,14,20,21). The number of rotatable bonds is 5. The van der Waals surface area contributed by atoms with E-state index in [0.717, 1.165) is 31.9 Å². The van der Waals surface area contributed by atoms with E-state index < -0.39 is 10.0 Å². The molecule has 0 saturated carbocycles. The Balaban J connectivity index is 1.94. The van der Waals surface area contributed by atoms with E-state index in [4.69, 9.17) is 5.14 Å². The number of nitrogens with two attached hydrogens (primary N) is 1. The topological polar surface area (TPSA) is 110 Å². The number of nitro benzene ring substituents is 1. The second-order valence-corrected chi connectivity index (χ2v) is 7.16. The first-order valence-electron chi connectivity index (χ1n) is 6.99. The van der Waals surface area contributed by atoms with Crippen molar-refractivity contribution in [1.29, 1.82) is 0 Å². The second-order valence-electron chi connectivity index (χ2n) is 5.42. The highest BCUT2D eigenvalue weighted by Gasteiger charge is 2.20. The number of aryl methyl sites for hydroxylation is 1. The fourth-order valence-corrected chi connectivity index (χ4v) is 3.04. The fraction of sp³-hybridized carbons (Fsp3) is 0.538. The maximum atomic E-state index is 11.0. The lowest BCUT2D eigenvalue weighted by atomic mass is 10.1. The molecule has 122 valence electrons. The van der Waals surface area contributed by atoms with Gasteiger partial charge in [0.15, 0.2) is 0 Å². The molecule has 2 N–H and O–H groups in total. The van der Waals surface area contributed by atoms with Crippen LogP contribution >= 0.6 is 0 Å². The molecule has 1 fully saturated rings. The van der Waals surface area contributed by atoms with Crippen LogP contribution in [0.5, 0.6) is 0 Å². The maximum absolute atomic E-state index is 11.0. The number of primary sulfonamides is 1. The van der Waals surface area contributed by atoms with E-state index in [1.165, 1.54) is 6.07 Å². The Kier molecular flexibility index (Phi) is 4.99. The van der Waals surface area contributed by atoms with E-state index in [1.807, 2.05) is 6.07 Å². The Morgan fingerprint density at radius 3 is 2.41 bits per heavy atom. The molecule has 0 amide bonds. The Morgan fingerprint density at radius 1 is 1.27 bits per heavy atom. The van der Waals surface area contributed by atoms with Gasteiger partial charge < -0.3 is 4.90 Å². The minimum atomic E-state index is -3.43. The van der Waals surface area contributed by atoms with E-state index in [0.29, 0.717) is 12.1 Å². The quantitative estimate of drug-likeness (QED) is 0.615. The first kappa shape index (κ1) is 16.7. The summed E-state index contributed by atoms with van der Waals surface area (Å²) in [4.78, 5) is 14.6. The second kappa shape index (κ2) is 6.59. The summed E-state index contributed by atoms with van der Waals surface area (Å²) in [6.45, 7) is 5.15. The van der Waals surface area contributed by atoms with Crippen molar-refractivity contribution in [2.75, 3.05) is 43.4 Å². The molecular weight excluding hydrogens is 308 g/mol. The zero-order chi connectivity index (χ0) is 16.3. The SMILES string of the molecule is Cc1cc(N2CCN(CCS(N)(=O)=O)CC2)ccc1[N+](=O)[O-]. The van der Waals surface area contributed by atoms with E-state index in [-0.39, 0.29) is 16.4 Å². The molecule has 1 aromatic rings. The molecule has 1 aromatic carbocycles. The third-order valence-electron chi connectivity index (χ3n) is 3.81. The Morgan fingerprint density at radius 2 is 1.91 bits per heavy atom. The van der Waals surface area contributed by atoms with Crippen LogP contribution in [-0.2, 0) is 10.0 Å². The van der Waals surface area contributed by atoms with Gasteiger partial charge >= 0.3 is 0 Å². The predicted molar refractivity (Wildman–Crippen MR) is 84.5 cm³/mol. The summed E-state index contributed by atoms with van der Waals surface area (Å²) in [5.41, 5.74) is 1.71. The maximum Gasteiger partial charge on any atom is 0.272 e. The number of hydrogen-bond acceptors (Lipinski definition) is 6. The summed E-state index contributed by atoms with van der Waals surface area (Å²) in [5, 5.41) is 15.8. The first-order valence-corrected chi connectivity index (χ1v) is 8.70. The molecule has 1 aliphatic heterocycles. The molecule has 1 aliphatic rings. The number of nitro groups is 1. The van der Waals surface area contributed by atoms with Gasteiger partial charge in [-0.15, -0.1) is 0 Å². The Labute approximate surface area is 129 Å². The van der Waals surface area contributed by atoms with Crippen molar-refractivity contribution in [1.82, 2.24) is 4.90 Å². The van der Waals surface area contributed by atoms with Crippen molar-refractivity contribution in [3.63, 3.8) is 0 Å². The van der Waals surface area contributed by atoms with Gasteiger partial charge in [0.25, 0.3) is 5.69 Å². The number of anilines is 1. The van der Waals surface area contributed by atoms with Gasteiger partial charge in [-0.3, -0.25) is 15.0 Å². The van der Waals surface area contributed by atoms with Gasteiger partial charge in [-0.05, 0) is 19.1 Å². The molecule has 0 spiro atoms. The third kappa shape index (κ3) is 4.39. The van der Waals surface area contributed by atoms with Crippen molar-refractivity contribution < 1.29 is 13.3 Å². The van der Waals surface area contributed by atoms with Crippen LogP contribution in [0.3, 0.4) is 0 Å². The molecular formula is C13H20N4O4S. The van der Waals surface area contributed by atoms with Crippen molar-refractivity contribution >= 4 is 21.4 Å². The van der Waals surface area contributed by atoms with Crippen LogP contribution in [-0.4, -0.2) is 56.7 Å². The summed E-state index contributed by atoms with van der Waals surface area (Å²) in [6, 6.07) is 5.10. The van der Waals surface area contributed by atoms with Crippen molar-refractivity contribution in [3.8, 4) is 0 Å². The van der Waals surface area contributed by atoms with Gasteiger partial charge in [-0.2, -0.15) is 0 Å². The van der Waals surface area contributed by atoms with Gasteiger partial charge in [0.1, 0.15) is 0 Å². The molecule has 0 aromatic heterocycles. The molecule has 22 heavy (non-hydrogen) atoms. The monoisotopic (exact) mass is 328 g/mol. The lowest BCUT2D eigenvalue weighted by Gasteiger charge is -2.36. The van der Waals surface area contributed by atoms with Crippen molar-refractivity contribution in [2.24, 2.45) is 5.14 Å². The zero-order valence-electron chi connectivity index (χ0n) is 12.4. The Hall–Kier alpha value is -1.71. The highest BCUT2D eigenvalue weighted by Crippen LogP contribution is 2.24. The minimum absolute atomic E-state index is 0.0381. The minimum Gasteiger partial charge on any atom is -0.369 e. The number of benzene rings is 1. The van der Waals surface area contributed by atoms with Crippen LogP contribution in [0.15, 0.2) is 18.2 Å². The van der Waals surface area contributed by atoms with Gasteiger partial charge in [0.2, 0.25) is 10.0 Å². The lowest BCUT2D eigenvalue weighted by molar-refractivity contribution is -0.385. The lowest BCUT2D eigenvalue weighted by Crippen LogP contribution is -2.48. The highest BCUT2D eigenvalue weighted by atomic mass is 32.2. The summed E-state index contributed by atoms with van der Waals surface area (Å²) < 4.78 is 21.9. The van der Waals surface area contributed by atoms with Crippen LogP contribution in [0.4, 0.5) is 11.4 Å². The average molecular weight is 328 g/mol. The molecule has 1 saturated heterocycles. The molecule has 0 atom stereocenters. The van der Waals surface area contributed by atoms with Gasteiger partial charge in [-0.25, -0.2) is 13.6 Å². The van der Waals surface area contributed by atoms with Gasteiger partial charge in [0, 0.05) is 50.0 Å². The Bertz CT molecular complexity index is 654. The summed E-state index contributed by atoms with van der Waals surface area (Å²) >= 11 is 0. The number of sulfonamides is 1. The van der Waals surface area contributed by atoms with E-state index in [2.05, 4.69) is 9.80 Å². The number of piperazine rings is 1. The average Bonchev–Trinajstić information content (AvgIpc) is 2.44. The highest BCUT2D eigenvalue weighted by molar-refractivity contribution is 7.89. The first-order chi connectivity index (χ1) is 10.3. The molecule has 0 bridgehead atoms. The third-order valence-corrected chi connectivity index (χ3v) is 4.56. The predicted octanol–water partition coefficient (Wildman–Crippen LogP) is 0.314. The van der Waals surface area contributed by atoms with E-state index in [1.54, 1.807) is 13.0 Å². The van der Waals surface area contributed by atoms with Crippen LogP contribution in [0, 0.1) is 17.0 Å². The summed E-state index contributed by atoms with van der Waals surface area (Å²) in [5.74, 6) is -0.0381.